The van der Waals surface area contributed by atoms with Crippen molar-refractivity contribution in [3.05, 3.63) is 24.3 Å². The molecule has 1 rings (SSSR count). The Morgan fingerprint density at radius 3 is 2.38 bits per heavy atom. The van der Waals surface area contributed by atoms with Gasteiger partial charge in [0.15, 0.2) is 0 Å². The van der Waals surface area contributed by atoms with Crippen molar-refractivity contribution in [3.8, 4) is 0 Å². The first-order valence-corrected chi connectivity index (χ1v) is 5.41. The van der Waals surface area contributed by atoms with Gasteiger partial charge in [-0.15, -0.1) is 0 Å². The highest BCUT2D eigenvalue weighted by Gasteiger charge is 2.14. The number of benzene rings is 1. The molecule has 0 radical (unpaired) electrons. The van der Waals surface area contributed by atoms with Gasteiger partial charge in [0, 0.05) is 11.4 Å². The topological polar surface area (TPSA) is 81.1 Å². The Balaban J connectivity index is 2.54. The van der Waals surface area contributed by atoms with Crippen LogP contribution in [0.25, 0.3) is 0 Å². The monoisotopic (exact) mass is 221 g/mol. The van der Waals surface area contributed by atoms with Crippen molar-refractivity contribution in [3.63, 3.8) is 0 Å². The van der Waals surface area contributed by atoms with Crippen LogP contribution in [0.3, 0.4) is 0 Å². The summed E-state index contributed by atoms with van der Waals surface area (Å²) in [5.41, 5.74) is 12.7. The first-order valence-electron chi connectivity index (χ1n) is 5.41. The van der Waals surface area contributed by atoms with E-state index in [1.165, 1.54) is 0 Å². The third kappa shape index (κ3) is 3.90. The van der Waals surface area contributed by atoms with Crippen LogP contribution in [-0.2, 0) is 4.79 Å². The number of nitrogens with one attached hydrogen (secondary N) is 1. The number of nitrogen functional groups attached to an aromatic ring is 1. The lowest BCUT2D eigenvalue weighted by molar-refractivity contribution is -0.117. The van der Waals surface area contributed by atoms with Crippen LogP contribution in [0.4, 0.5) is 11.4 Å². The molecule has 16 heavy (non-hydrogen) atoms. The van der Waals surface area contributed by atoms with Crippen LogP contribution in [0.5, 0.6) is 0 Å². The maximum Gasteiger partial charge on any atom is 0.241 e. The molecule has 0 fully saturated rings. The molecule has 1 aromatic rings. The lowest BCUT2D eigenvalue weighted by Gasteiger charge is -2.14. The number of anilines is 2. The molecular formula is C12H19N3O. The summed E-state index contributed by atoms with van der Waals surface area (Å²) in [5, 5.41) is 2.75. The average Bonchev–Trinajstić information content (AvgIpc) is 2.20. The van der Waals surface area contributed by atoms with Crippen molar-refractivity contribution in [2.75, 3.05) is 11.1 Å². The van der Waals surface area contributed by atoms with Gasteiger partial charge in [0.2, 0.25) is 5.91 Å². The largest absolute Gasteiger partial charge is 0.399 e. The summed E-state index contributed by atoms with van der Waals surface area (Å²) in [4.78, 5) is 11.7. The molecule has 0 saturated carbocycles. The van der Waals surface area contributed by atoms with Crippen molar-refractivity contribution in [2.45, 2.75) is 26.3 Å². The summed E-state index contributed by atoms with van der Waals surface area (Å²) in [7, 11) is 0. The molecule has 1 atom stereocenters. The minimum Gasteiger partial charge on any atom is -0.399 e. The number of carbonyl (C=O) groups excluding carboxylic acids is 1. The van der Waals surface area contributed by atoms with Crippen LogP contribution < -0.4 is 16.8 Å². The highest BCUT2D eigenvalue weighted by atomic mass is 16.2. The Morgan fingerprint density at radius 2 is 1.88 bits per heavy atom. The fourth-order valence-corrected chi connectivity index (χ4v) is 1.42. The smallest absolute Gasteiger partial charge is 0.241 e. The fraction of sp³-hybridized carbons (Fsp3) is 0.417. The Kier molecular flexibility index (Phi) is 4.31. The van der Waals surface area contributed by atoms with E-state index in [-0.39, 0.29) is 5.91 Å². The van der Waals surface area contributed by atoms with Crippen molar-refractivity contribution in [2.24, 2.45) is 11.7 Å². The molecular weight excluding hydrogens is 202 g/mol. The first kappa shape index (κ1) is 12.5. The van der Waals surface area contributed by atoms with Gasteiger partial charge in [-0.3, -0.25) is 4.79 Å². The molecule has 0 heterocycles. The summed E-state index contributed by atoms with van der Waals surface area (Å²) >= 11 is 0. The number of nitrogens with two attached hydrogens (primary N) is 2. The first-order chi connectivity index (χ1) is 7.49. The molecule has 0 aromatic heterocycles. The maximum atomic E-state index is 11.7. The lowest BCUT2D eigenvalue weighted by atomic mass is 10.0. The molecule has 0 saturated heterocycles. The highest BCUT2D eigenvalue weighted by Crippen LogP contribution is 2.11. The van der Waals surface area contributed by atoms with Gasteiger partial charge in [0.1, 0.15) is 0 Å². The van der Waals surface area contributed by atoms with Crippen LogP contribution in [0.2, 0.25) is 0 Å². The predicted molar refractivity (Wildman–Crippen MR) is 66.9 cm³/mol. The quantitative estimate of drug-likeness (QED) is 0.675. The molecule has 1 aromatic carbocycles. The second-order valence-electron chi connectivity index (χ2n) is 4.35. The van der Waals surface area contributed by atoms with E-state index >= 15 is 0 Å². The lowest BCUT2D eigenvalue weighted by Crippen LogP contribution is -2.36. The minimum absolute atomic E-state index is 0.154. The van der Waals surface area contributed by atoms with Gasteiger partial charge in [-0.25, -0.2) is 0 Å². The number of amides is 1. The number of hydrogen-bond acceptors (Lipinski definition) is 3. The summed E-state index contributed by atoms with van der Waals surface area (Å²) in [5.74, 6) is 0.255. The van der Waals surface area contributed by atoms with Gasteiger partial charge in [0.05, 0.1) is 6.04 Å². The zero-order valence-electron chi connectivity index (χ0n) is 9.73. The van der Waals surface area contributed by atoms with Crippen LogP contribution >= 0.6 is 0 Å². The van der Waals surface area contributed by atoms with E-state index in [0.717, 1.165) is 5.69 Å². The number of hydrogen-bond donors (Lipinski definition) is 3. The van der Waals surface area contributed by atoms with Crippen molar-refractivity contribution >= 4 is 17.3 Å². The molecule has 88 valence electrons. The SMILES string of the molecule is CC(C)C[C@H](N)C(=O)Nc1ccc(N)cc1. The zero-order chi connectivity index (χ0) is 12.1. The summed E-state index contributed by atoms with van der Waals surface area (Å²) in [6, 6.07) is 6.54. The van der Waals surface area contributed by atoms with E-state index in [2.05, 4.69) is 5.32 Å². The second kappa shape index (κ2) is 5.51. The third-order valence-corrected chi connectivity index (χ3v) is 2.24. The molecule has 0 aliphatic heterocycles. The highest BCUT2D eigenvalue weighted by molar-refractivity contribution is 5.94. The van der Waals surface area contributed by atoms with Gasteiger partial charge in [0.25, 0.3) is 0 Å². The Labute approximate surface area is 96.0 Å². The fourth-order valence-electron chi connectivity index (χ4n) is 1.42. The molecule has 0 unspecified atom stereocenters. The average molecular weight is 221 g/mol. The Hall–Kier alpha value is -1.55. The zero-order valence-corrected chi connectivity index (χ0v) is 9.73. The third-order valence-electron chi connectivity index (χ3n) is 2.24. The predicted octanol–water partition coefficient (Wildman–Crippen LogP) is 1.58. The molecule has 4 heteroatoms. The van der Waals surface area contributed by atoms with Gasteiger partial charge in [-0.2, -0.15) is 0 Å². The molecule has 0 spiro atoms. The van der Waals surface area contributed by atoms with Crippen LogP contribution in [0, 0.1) is 5.92 Å². The van der Waals surface area contributed by atoms with Crippen molar-refractivity contribution in [1.29, 1.82) is 0 Å². The normalized spacial score (nSPS) is 12.5. The summed E-state index contributed by atoms with van der Waals surface area (Å²) in [6.45, 7) is 4.08. The van der Waals surface area contributed by atoms with Gasteiger partial charge < -0.3 is 16.8 Å². The van der Waals surface area contributed by atoms with Gasteiger partial charge in [-0.1, -0.05) is 13.8 Å². The summed E-state index contributed by atoms with van der Waals surface area (Å²) in [6.07, 6.45) is 0.681. The van der Waals surface area contributed by atoms with E-state index in [9.17, 15) is 4.79 Å². The van der Waals surface area contributed by atoms with Crippen molar-refractivity contribution in [1.82, 2.24) is 0 Å². The molecule has 0 bridgehead atoms. The minimum atomic E-state index is -0.461. The van der Waals surface area contributed by atoms with E-state index < -0.39 is 6.04 Å². The molecule has 0 aliphatic carbocycles. The summed E-state index contributed by atoms with van der Waals surface area (Å²) < 4.78 is 0. The van der Waals surface area contributed by atoms with E-state index in [1.807, 2.05) is 13.8 Å². The molecule has 1 amide bonds. The molecule has 4 nitrogen and oxygen atoms in total. The van der Waals surface area contributed by atoms with Crippen LogP contribution in [0.1, 0.15) is 20.3 Å². The van der Waals surface area contributed by atoms with Crippen molar-refractivity contribution < 1.29 is 4.79 Å². The Bertz CT molecular complexity index is 346. The number of rotatable bonds is 4. The number of carbonyl (C=O) groups is 1. The molecule has 5 N–H and O–H groups in total. The van der Waals surface area contributed by atoms with Gasteiger partial charge in [-0.05, 0) is 36.6 Å². The van der Waals surface area contributed by atoms with E-state index in [4.69, 9.17) is 11.5 Å². The van der Waals surface area contributed by atoms with Crippen LogP contribution in [0.15, 0.2) is 24.3 Å². The van der Waals surface area contributed by atoms with Gasteiger partial charge >= 0.3 is 0 Å². The second-order valence-corrected chi connectivity index (χ2v) is 4.35. The standard InChI is InChI=1S/C12H19N3O/c1-8(2)7-11(14)12(16)15-10-5-3-9(13)4-6-10/h3-6,8,11H,7,13-14H2,1-2H3,(H,15,16)/t11-/m0/s1. The maximum absolute atomic E-state index is 11.7. The van der Waals surface area contributed by atoms with E-state index in [0.29, 0.717) is 18.0 Å². The van der Waals surface area contributed by atoms with E-state index in [1.54, 1.807) is 24.3 Å². The molecule has 0 aliphatic rings. The van der Waals surface area contributed by atoms with Crippen LogP contribution in [-0.4, -0.2) is 11.9 Å². The Morgan fingerprint density at radius 1 is 1.31 bits per heavy atom.